The molecule has 1 saturated heterocycles. The molecular formula is C11H22ClNO2. The number of halogens is 1. The minimum absolute atomic E-state index is 0.273. The van der Waals surface area contributed by atoms with Gasteiger partial charge < -0.3 is 9.84 Å². The maximum atomic E-state index is 9.29. The van der Waals surface area contributed by atoms with Gasteiger partial charge >= 0.3 is 0 Å². The SMILES string of the molecule is OCC1CCCCCN1CCOCCCl. The minimum Gasteiger partial charge on any atom is -0.395 e. The summed E-state index contributed by atoms with van der Waals surface area (Å²) in [6.07, 6.45) is 4.89. The summed E-state index contributed by atoms with van der Waals surface area (Å²) < 4.78 is 5.36. The molecule has 1 unspecified atom stereocenters. The third-order valence-electron chi connectivity index (χ3n) is 2.95. The van der Waals surface area contributed by atoms with Crippen LogP contribution in [0, 0.1) is 0 Å². The smallest absolute Gasteiger partial charge is 0.0602 e. The van der Waals surface area contributed by atoms with Gasteiger partial charge in [0.15, 0.2) is 0 Å². The number of aliphatic hydroxyl groups is 1. The van der Waals surface area contributed by atoms with Gasteiger partial charge in [0.2, 0.25) is 0 Å². The minimum atomic E-state index is 0.273. The molecule has 0 aliphatic carbocycles. The summed E-state index contributed by atoms with van der Waals surface area (Å²) in [6, 6.07) is 0.340. The van der Waals surface area contributed by atoms with E-state index in [0.717, 1.165) is 26.1 Å². The molecule has 1 aliphatic heterocycles. The van der Waals surface area contributed by atoms with E-state index in [1.807, 2.05) is 0 Å². The zero-order valence-electron chi connectivity index (χ0n) is 9.33. The van der Waals surface area contributed by atoms with Crippen molar-refractivity contribution in [3.63, 3.8) is 0 Å². The van der Waals surface area contributed by atoms with Crippen molar-refractivity contribution in [2.75, 3.05) is 38.8 Å². The average molecular weight is 236 g/mol. The van der Waals surface area contributed by atoms with Crippen molar-refractivity contribution in [1.82, 2.24) is 4.90 Å². The molecule has 1 heterocycles. The highest BCUT2D eigenvalue weighted by molar-refractivity contribution is 6.17. The second kappa shape index (κ2) is 8.34. The number of aliphatic hydroxyl groups excluding tert-OH is 1. The van der Waals surface area contributed by atoms with Gasteiger partial charge in [-0.2, -0.15) is 0 Å². The van der Waals surface area contributed by atoms with Crippen LogP contribution < -0.4 is 0 Å². The normalized spacial score (nSPS) is 24.0. The van der Waals surface area contributed by atoms with Crippen LogP contribution >= 0.6 is 11.6 Å². The van der Waals surface area contributed by atoms with E-state index in [4.69, 9.17) is 16.3 Å². The van der Waals surface area contributed by atoms with Crippen molar-refractivity contribution < 1.29 is 9.84 Å². The first-order chi connectivity index (χ1) is 7.38. The van der Waals surface area contributed by atoms with Crippen LogP contribution in [0.4, 0.5) is 0 Å². The second-order valence-corrected chi connectivity index (χ2v) is 4.40. The van der Waals surface area contributed by atoms with Gasteiger partial charge in [0.05, 0.1) is 19.8 Å². The van der Waals surface area contributed by atoms with Crippen LogP contribution in [0.1, 0.15) is 25.7 Å². The molecule has 0 radical (unpaired) electrons. The lowest BCUT2D eigenvalue weighted by atomic mass is 10.1. The first kappa shape index (κ1) is 13.2. The van der Waals surface area contributed by atoms with E-state index >= 15 is 0 Å². The van der Waals surface area contributed by atoms with E-state index in [1.54, 1.807) is 0 Å². The van der Waals surface area contributed by atoms with Crippen molar-refractivity contribution in [3.05, 3.63) is 0 Å². The molecule has 4 heteroatoms. The van der Waals surface area contributed by atoms with E-state index in [1.165, 1.54) is 19.3 Å². The van der Waals surface area contributed by atoms with Crippen LogP contribution in [0.5, 0.6) is 0 Å². The fourth-order valence-electron chi connectivity index (χ4n) is 2.08. The number of hydrogen-bond acceptors (Lipinski definition) is 3. The molecule has 0 aromatic heterocycles. The topological polar surface area (TPSA) is 32.7 Å². The van der Waals surface area contributed by atoms with Crippen LogP contribution in [0.15, 0.2) is 0 Å². The van der Waals surface area contributed by atoms with Crippen LogP contribution in [0.25, 0.3) is 0 Å². The molecule has 3 nitrogen and oxygen atoms in total. The summed E-state index contributed by atoms with van der Waals surface area (Å²) in [4.78, 5) is 2.35. The van der Waals surface area contributed by atoms with Gasteiger partial charge in [0.25, 0.3) is 0 Å². The number of ether oxygens (including phenoxy) is 1. The highest BCUT2D eigenvalue weighted by Gasteiger charge is 2.19. The number of nitrogens with zero attached hydrogens (tertiary/aromatic N) is 1. The molecule has 1 atom stereocenters. The second-order valence-electron chi connectivity index (χ2n) is 4.02. The Morgan fingerprint density at radius 2 is 2.13 bits per heavy atom. The molecule has 0 aromatic rings. The fourth-order valence-corrected chi connectivity index (χ4v) is 2.19. The van der Waals surface area contributed by atoms with E-state index in [2.05, 4.69) is 4.90 Å². The van der Waals surface area contributed by atoms with Gasteiger partial charge in [0, 0.05) is 18.5 Å². The molecule has 1 aliphatic rings. The Labute approximate surface area is 97.4 Å². The van der Waals surface area contributed by atoms with Gasteiger partial charge in [-0.15, -0.1) is 11.6 Å². The third-order valence-corrected chi connectivity index (χ3v) is 3.11. The number of likely N-dealkylation sites (tertiary alicyclic amines) is 1. The van der Waals surface area contributed by atoms with Crippen molar-refractivity contribution in [3.8, 4) is 0 Å². The van der Waals surface area contributed by atoms with E-state index < -0.39 is 0 Å². The lowest BCUT2D eigenvalue weighted by Gasteiger charge is -2.28. The largest absolute Gasteiger partial charge is 0.395 e. The summed E-state index contributed by atoms with van der Waals surface area (Å²) in [5, 5.41) is 9.29. The predicted molar refractivity (Wildman–Crippen MR) is 62.5 cm³/mol. The Morgan fingerprint density at radius 3 is 2.87 bits per heavy atom. The van der Waals surface area contributed by atoms with Crippen molar-refractivity contribution in [2.24, 2.45) is 0 Å². The van der Waals surface area contributed by atoms with Crippen LogP contribution in [0.2, 0.25) is 0 Å². The van der Waals surface area contributed by atoms with E-state index in [9.17, 15) is 5.11 Å². The molecule has 15 heavy (non-hydrogen) atoms. The first-order valence-corrected chi connectivity index (χ1v) is 6.40. The van der Waals surface area contributed by atoms with Gasteiger partial charge in [-0.05, 0) is 19.4 Å². The molecule has 1 fully saturated rings. The fraction of sp³-hybridized carbons (Fsp3) is 1.00. The summed E-state index contributed by atoms with van der Waals surface area (Å²) in [5.41, 5.74) is 0. The standard InChI is InChI=1S/C11H22ClNO2/c12-5-8-15-9-7-13-6-3-1-2-4-11(13)10-14/h11,14H,1-10H2. The monoisotopic (exact) mass is 235 g/mol. The van der Waals surface area contributed by atoms with Crippen molar-refractivity contribution >= 4 is 11.6 Å². The highest BCUT2D eigenvalue weighted by atomic mass is 35.5. The molecule has 0 spiro atoms. The zero-order valence-corrected chi connectivity index (χ0v) is 10.1. The molecule has 90 valence electrons. The number of hydrogen-bond donors (Lipinski definition) is 1. The van der Waals surface area contributed by atoms with Crippen LogP contribution in [-0.2, 0) is 4.74 Å². The summed E-state index contributed by atoms with van der Waals surface area (Å²) in [6.45, 7) is 3.63. The molecular weight excluding hydrogens is 214 g/mol. The Balaban J connectivity index is 2.22. The molecule has 0 bridgehead atoms. The molecule has 1 N–H and O–H groups in total. The molecule has 1 rings (SSSR count). The summed E-state index contributed by atoms with van der Waals surface area (Å²) >= 11 is 5.53. The maximum Gasteiger partial charge on any atom is 0.0602 e. The Kier molecular flexibility index (Phi) is 7.36. The van der Waals surface area contributed by atoms with E-state index in [0.29, 0.717) is 18.5 Å². The Morgan fingerprint density at radius 1 is 1.27 bits per heavy atom. The molecule has 0 saturated carbocycles. The van der Waals surface area contributed by atoms with Gasteiger partial charge in [-0.25, -0.2) is 0 Å². The maximum absolute atomic E-state index is 9.29. The molecule has 0 aromatic carbocycles. The highest BCUT2D eigenvalue weighted by Crippen LogP contribution is 2.15. The van der Waals surface area contributed by atoms with Crippen LogP contribution in [-0.4, -0.2) is 54.8 Å². The number of rotatable bonds is 6. The first-order valence-electron chi connectivity index (χ1n) is 5.87. The zero-order chi connectivity index (χ0) is 10.9. The van der Waals surface area contributed by atoms with Gasteiger partial charge in [0.1, 0.15) is 0 Å². The molecule has 0 amide bonds. The lowest BCUT2D eigenvalue weighted by molar-refractivity contribution is 0.0740. The quantitative estimate of drug-likeness (QED) is 0.559. The van der Waals surface area contributed by atoms with Crippen LogP contribution in [0.3, 0.4) is 0 Å². The van der Waals surface area contributed by atoms with Crippen molar-refractivity contribution in [1.29, 1.82) is 0 Å². The van der Waals surface area contributed by atoms with Gasteiger partial charge in [-0.3, -0.25) is 4.90 Å². The summed E-state index contributed by atoms with van der Waals surface area (Å²) in [5.74, 6) is 0.559. The van der Waals surface area contributed by atoms with Gasteiger partial charge in [-0.1, -0.05) is 12.8 Å². The number of alkyl halides is 1. The Bertz CT molecular complexity index is 158. The summed E-state index contributed by atoms with van der Waals surface area (Å²) in [7, 11) is 0. The predicted octanol–water partition coefficient (Wildman–Crippen LogP) is 1.48. The Hall–Kier alpha value is 0.170. The average Bonchev–Trinajstić information content (AvgIpc) is 2.49. The van der Waals surface area contributed by atoms with E-state index in [-0.39, 0.29) is 6.61 Å². The lowest BCUT2D eigenvalue weighted by Crippen LogP contribution is -2.39. The third kappa shape index (κ3) is 5.16. The van der Waals surface area contributed by atoms with Crippen molar-refractivity contribution in [2.45, 2.75) is 31.7 Å².